The fraction of sp³-hybridized carbons (Fsp3) is 0.417. The Labute approximate surface area is 279 Å². The van der Waals surface area contributed by atoms with Crippen LogP contribution in [0.2, 0.25) is 0 Å². The van der Waals surface area contributed by atoms with Crippen molar-refractivity contribution < 1.29 is 23.5 Å². The van der Waals surface area contributed by atoms with E-state index in [0.29, 0.717) is 42.4 Å². The van der Waals surface area contributed by atoms with Crippen LogP contribution in [0, 0.1) is 11.7 Å². The third kappa shape index (κ3) is 6.56. The molecule has 4 heterocycles. The number of rotatable bonds is 9. The van der Waals surface area contributed by atoms with E-state index < -0.39 is 12.1 Å². The molecule has 2 aromatic heterocycles. The van der Waals surface area contributed by atoms with Crippen molar-refractivity contribution >= 4 is 17.9 Å². The number of carbonyl (C=O) groups is 3. The van der Waals surface area contributed by atoms with Gasteiger partial charge in [0.05, 0.1) is 43.0 Å². The molecule has 6 rings (SSSR count). The summed E-state index contributed by atoms with van der Waals surface area (Å²) >= 11 is 0. The topological polar surface area (TPSA) is 136 Å². The van der Waals surface area contributed by atoms with Gasteiger partial charge < -0.3 is 29.8 Å². The number of carbonyl (C=O) groups excluding carboxylic acids is 3. The average Bonchev–Trinajstić information content (AvgIpc) is 3.92. The van der Waals surface area contributed by atoms with Gasteiger partial charge in [-0.05, 0) is 60.4 Å². The summed E-state index contributed by atoms with van der Waals surface area (Å²) in [7, 11) is 1.28. The summed E-state index contributed by atoms with van der Waals surface area (Å²) in [5, 5.41) is 2.67. The van der Waals surface area contributed by atoms with Gasteiger partial charge in [-0.1, -0.05) is 51.1 Å². The summed E-state index contributed by atoms with van der Waals surface area (Å²) in [4.78, 5) is 57.1. The number of ether oxygens (including phenoxy) is 1. The van der Waals surface area contributed by atoms with E-state index in [0.717, 1.165) is 48.1 Å². The van der Waals surface area contributed by atoms with Crippen molar-refractivity contribution in [2.45, 2.75) is 71.0 Å². The lowest BCUT2D eigenvalue weighted by molar-refractivity contribution is -0.135. The van der Waals surface area contributed by atoms with Crippen LogP contribution < -0.4 is 5.32 Å². The Morgan fingerprint density at radius 1 is 0.896 bits per heavy atom. The van der Waals surface area contributed by atoms with Crippen LogP contribution in [0.25, 0.3) is 33.6 Å². The standard InChI is InChI=1S/C36H42FN7O4/c1-5-31(45)43-16-6-8-29(43)33-39-20-28(41-33)25-15-14-24(18-26(25)37)22-10-12-23(13-11-22)27-19-38-34(40-27)30-9-7-17-44(30)35(46)32(21(2)3)42-36(47)48-4/h10-15,18-21,29-30,32H,5-9,16-17H2,1-4H3,(H,38,40)(H,39,41)(H,42,47)/t29-,30-,32-/m0/s1. The van der Waals surface area contributed by atoms with Gasteiger partial charge in [0.25, 0.3) is 0 Å². The van der Waals surface area contributed by atoms with E-state index in [1.54, 1.807) is 23.4 Å². The number of nitrogens with zero attached hydrogens (tertiary/aromatic N) is 4. The van der Waals surface area contributed by atoms with Crippen LogP contribution in [-0.2, 0) is 14.3 Å². The molecule has 252 valence electrons. The molecule has 0 radical (unpaired) electrons. The van der Waals surface area contributed by atoms with Gasteiger partial charge >= 0.3 is 6.09 Å². The minimum Gasteiger partial charge on any atom is -0.453 e. The molecule has 2 fully saturated rings. The second kappa shape index (κ2) is 14.0. The second-order valence-electron chi connectivity index (χ2n) is 12.8. The van der Waals surface area contributed by atoms with Crippen molar-refractivity contribution in [2.75, 3.05) is 20.2 Å². The molecule has 0 unspecified atom stereocenters. The van der Waals surface area contributed by atoms with Gasteiger partial charge in [-0.15, -0.1) is 0 Å². The average molecular weight is 656 g/mol. The minimum absolute atomic E-state index is 0.101. The maximum atomic E-state index is 15.4. The van der Waals surface area contributed by atoms with Crippen LogP contribution in [0.3, 0.4) is 0 Å². The lowest BCUT2D eigenvalue weighted by Gasteiger charge is -2.30. The number of benzene rings is 2. The number of methoxy groups -OCH3 is 1. The molecule has 0 bridgehead atoms. The van der Waals surface area contributed by atoms with Gasteiger partial charge in [0.1, 0.15) is 23.5 Å². The molecule has 2 aliphatic heterocycles. The molecule has 2 saturated heterocycles. The lowest BCUT2D eigenvalue weighted by atomic mass is 10.0. The SMILES string of the molecule is CCC(=O)N1CCC[C@H]1c1ncc(-c2ccc(-c3ccc(-c4cnc([C@@H]5CCCN5C(=O)[C@@H](NC(=O)OC)C(C)C)[nH]4)cc3)cc2F)[nH]1. The number of amides is 3. The van der Waals surface area contributed by atoms with E-state index in [9.17, 15) is 14.4 Å². The molecule has 2 aromatic carbocycles. The van der Waals surface area contributed by atoms with Crippen LogP contribution in [0.15, 0.2) is 54.9 Å². The third-order valence-electron chi connectivity index (χ3n) is 9.41. The number of H-pyrrole nitrogens is 2. The molecule has 3 N–H and O–H groups in total. The normalized spacial score (nSPS) is 18.4. The van der Waals surface area contributed by atoms with Crippen LogP contribution in [-0.4, -0.2) is 73.9 Å². The Balaban J connectivity index is 1.14. The first kappa shape index (κ1) is 32.9. The number of alkyl carbamates (subject to hydrolysis) is 1. The van der Waals surface area contributed by atoms with Gasteiger partial charge in [-0.2, -0.15) is 0 Å². The maximum absolute atomic E-state index is 15.4. The molecule has 11 nitrogen and oxygen atoms in total. The Morgan fingerprint density at radius 2 is 1.48 bits per heavy atom. The summed E-state index contributed by atoms with van der Waals surface area (Å²) < 4.78 is 20.2. The van der Waals surface area contributed by atoms with E-state index in [2.05, 4.69) is 25.3 Å². The predicted molar refractivity (Wildman–Crippen MR) is 179 cm³/mol. The van der Waals surface area contributed by atoms with E-state index >= 15 is 4.39 Å². The monoisotopic (exact) mass is 655 g/mol. The molecular weight excluding hydrogens is 613 g/mol. The van der Waals surface area contributed by atoms with E-state index in [-0.39, 0.29) is 35.6 Å². The van der Waals surface area contributed by atoms with Gasteiger partial charge in [0.2, 0.25) is 11.8 Å². The lowest BCUT2D eigenvalue weighted by Crippen LogP contribution is -2.51. The molecule has 48 heavy (non-hydrogen) atoms. The van der Waals surface area contributed by atoms with E-state index in [1.165, 1.54) is 13.2 Å². The Bertz CT molecular complexity index is 1780. The Hall–Kier alpha value is -5.00. The van der Waals surface area contributed by atoms with Crippen molar-refractivity contribution in [3.8, 4) is 33.6 Å². The first-order valence-electron chi connectivity index (χ1n) is 16.6. The number of hydrogen-bond acceptors (Lipinski definition) is 6. The summed E-state index contributed by atoms with van der Waals surface area (Å²) in [6.45, 7) is 6.93. The van der Waals surface area contributed by atoms with Crippen molar-refractivity contribution in [3.63, 3.8) is 0 Å². The van der Waals surface area contributed by atoms with Gasteiger partial charge in [-0.25, -0.2) is 19.2 Å². The molecule has 0 aliphatic carbocycles. The predicted octanol–water partition coefficient (Wildman–Crippen LogP) is 6.39. The molecule has 3 atom stereocenters. The number of aromatic amines is 2. The molecule has 0 spiro atoms. The number of imidazole rings is 2. The third-order valence-corrected chi connectivity index (χ3v) is 9.41. The zero-order valence-corrected chi connectivity index (χ0v) is 27.8. The second-order valence-corrected chi connectivity index (χ2v) is 12.8. The highest BCUT2D eigenvalue weighted by Gasteiger charge is 2.37. The van der Waals surface area contributed by atoms with E-state index in [1.807, 2.05) is 56.0 Å². The molecule has 2 aliphatic rings. The summed E-state index contributed by atoms with van der Waals surface area (Å²) in [6.07, 6.45) is 6.56. The Morgan fingerprint density at radius 3 is 2.10 bits per heavy atom. The maximum Gasteiger partial charge on any atom is 0.407 e. The summed E-state index contributed by atoms with van der Waals surface area (Å²) in [5.41, 5.74) is 4.32. The minimum atomic E-state index is -0.698. The van der Waals surface area contributed by atoms with Crippen LogP contribution in [0.1, 0.15) is 76.6 Å². The molecule has 0 saturated carbocycles. The first-order chi connectivity index (χ1) is 23.2. The van der Waals surface area contributed by atoms with Crippen LogP contribution in [0.4, 0.5) is 9.18 Å². The summed E-state index contributed by atoms with van der Waals surface area (Å²) in [5.74, 6) is 0.845. The van der Waals surface area contributed by atoms with Gasteiger partial charge in [-0.3, -0.25) is 9.59 Å². The van der Waals surface area contributed by atoms with Crippen molar-refractivity contribution in [3.05, 3.63) is 72.3 Å². The van der Waals surface area contributed by atoms with Crippen LogP contribution >= 0.6 is 0 Å². The van der Waals surface area contributed by atoms with Gasteiger partial charge in [0.15, 0.2) is 0 Å². The highest BCUT2D eigenvalue weighted by molar-refractivity contribution is 5.86. The molecule has 4 aromatic rings. The van der Waals surface area contributed by atoms with Crippen molar-refractivity contribution in [1.29, 1.82) is 0 Å². The fourth-order valence-electron chi connectivity index (χ4n) is 6.80. The smallest absolute Gasteiger partial charge is 0.407 e. The summed E-state index contributed by atoms with van der Waals surface area (Å²) in [6, 6.07) is 11.9. The van der Waals surface area contributed by atoms with Crippen molar-refractivity contribution in [2.24, 2.45) is 5.92 Å². The number of hydrogen-bond donors (Lipinski definition) is 3. The number of nitrogens with one attached hydrogen (secondary N) is 3. The quantitative estimate of drug-likeness (QED) is 0.191. The number of likely N-dealkylation sites (tertiary alicyclic amines) is 2. The first-order valence-corrected chi connectivity index (χ1v) is 16.6. The highest BCUT2D eigenvalue weighted by Crippen LogP contribution is 2.35. The number of halogens is 1. The number of aromatic nitrogens is 4. The zero-order valence-electron chi connectivity index (χ0n) is 27.8. The van der Waals surface area contributed by atoms with Crippen molar-refractivity contribution in [1.82, 2.24) is 35.1 Å². The fourth-order valence-corrected chi connectivity index (χ4v) is 6.80. The zero-order chi connectivity index (χ0) is 33.9. The molecular formula is C36H42FN7O4. The molecule has 3 amide bonds. The highest BCUT2D eigenvalue weighted by atomic mass is 19.1. The van der Waals surface area contributed by atoms with Crippen LogP contribution in [0.5, 0.6) is 0 Å². The molecule has 12 heteroatoms. The van der Waals surface area contributed by atoms with Gasteiger partial charge in [0, 0.05) is 25.1 Å². The van der Waals surface area contributed by atoms with E-state index in [4.69, 9.17) is 4.74 Å². The Kier molecular flexibility index (Phi) is 9.61. The largest absolute Gasteiger partial charge is 0.453 e.